The summed E-state index contributed by atoms with van der Waals surface area (Å²) in [6.07, 6.45) is 2.56. The summed E-state index contributed by atoms with van der Waals surface area (Å²) in [7, 11) is 1.71. The molecule has 0 saturated heterocycles. The molecular weight excluding hydrogens is 350 g/mol. The Hall–Kier alpha value is -2.35. The predicted octanol–water partition coefficient (Wildman–Crippen LogP) is 2.52. The molecule has 0 radical (unpaired) electrons. The van der Waals surface area contributed by atoms with Gasteiger partial charge in [-0.15, -0.1) is 11.3 Å². The van der Waals surface area contributed by atoms with Crippen molar-refractivity contribution in [1.82, 2.24) is 20.9 Å². The molecule has 2 heterocycles. The van der Waals surface area contributed by atoms with E-state index in [0.717, 1.165) is 17.1 Å². The van der Waals surface area contributed by atoms with Gasteiger partial charge in [-0.25, -0.2) is 4.98 Å². The van der Waals surface area contributed by atoms with Gasteiger partial charge in [0.25, 0.3) is 5.91 Å². The Balaban J connectivity index is 1.65. The molecule has 2 aromatic rings. The van der Waals surface area contributed by atoms with Crippen LogP contribution in [0.25, 0.3) is 0 Å². The highest BCUT2D eigenvalue weighted by atomic mass is 32.1. The molecule has 0 spiro atoms. The van der Waals surface area contributed by atoms with Crippen molar-refractivity contribution in [1.29, 1.82) is 0 Å². The van der Waals surface area contributed by atoms with E-state index in [4.69, 9.17) is 4.42 Å². The van der Waals surface area contributed by atoms with Crippen molar-refractivity contribution in [2.75, 3.05) is 20.1 Å². The van der Waals surface area contributed by atoms with Crippen LogP contribution in [0.2, 0.25) is 0 Å². The molecular formula is C18H27N5O2S. The van der Waals surface area contributed by atoms with Crippen molar-refractivity contribution in [3.05, 3.63) is 40.2 Å². The number of rotatable bonds is 7. The summed E-state index contributed by atoms with van der Waals surface area (Å²) in [5.41, 5.74) is -0.0568. The van der Waals surface area contributed by atoms with E-state index in [1.165, 1.54) is 11.3 Å². The summed E-state index contributed by atoms with van der Waals surface area (Å²) >= 11 is 1.44. The summed E-state index contributed by atoms with van der Waals surface area (Å²) in [5, 5.41) is 11.2. The third kappa shape index (κ3) is 6.18. The third-order valence-corrected chi connectivity index (χ3v) is 4.47. The minimum Gasteiger partial charge on any atom is -0.443 e. The number of thiophene rings is 1. The van der Waals surface area contributed by atoms with Crippen LogP contribution in [0.1, 0.15) is 48.5 Å². The lowest BCUT2D eigenvalue weighted by molar-refractivity contribution is 0.0957. The molecule has 26 heavy (non-hydrogen) atoms. The van der Waals surface area contributed by atoms with E-state index in [1.807, 2.05) is 17.5 Å². The molecule has 142 valence electrons. The highest BCUT2D eigenvalue weighted by molar-refractivity contribution is 7.12. The maximum Gasteiger partial charge on any atom is 0.261 e. The summed E-state index contributed by atoms with van der Waals surface area (Å²) < 4.78 is 5.74. The highest BCUT2D eigenvalue weighted by Gasteiger charge is 2.19. The van der Waals surface area contributed by atoms with E-state index in [9.17, 15) is 4.79 Å². The van der Waals surface area contributed by atoms with Crippen molar-refractivity contribution in [2.24, 2.45) is 4.99 Å². The Morgan fingerprint density at radius 1 is 1.27 bits per heavy atom. The minimum atomic E-state index is -0.0568. The first-order valence-electron chi connectivity index (χ1n) is 8.61. The molecule has 7 nitrogen and oxygen atoms in total. The number of carbonyl (C=O) groups excluding carboxylic acids is 1. The average molecular weight is 378 g/mol. The Kier molecular flexibility index (Phi) is 7.20. The molecule has 0 aliphatic heterocycles. The minimum absolute atomic E-state index is 0.0268. The standard InChI is InChI=1S/C18H27N5O2S/c1-18(2,3)14-11-22-15(25-14)12-23-17(19-4)21-9-6-8-20-16(24)13-7-5-10-26-13/h5,7,10-11H,6,8-9,12H2,1-4H3,(H,20,24)(H2,19,21,23). The van der Waals surface area contributed by atoms with Crippen LogP contribution in [0.5, 0.6) is 0 Å². The molecule has 0 unspecified atom stereocenters. The van der Waals surface area contributed by atoms with E-state index < -0.39 is 0 Å². The maximum atomic E-state index is 11.8. The maximum absolute atomic E-state index is 11.8. The van der Waals surface area contributed by atoms with Gasteiger partial charge < -0.3 is 20.4 Å². The molecule has 0 atom stereocenters. The van der Waals surface area contributed by atoms with Crippen LogP contribution >= 0.6 is 11.3 Å². The molecule has 0 aromatic carbocycles. The van der Waals surface area contributed by atoms with Crippen molar-refractivity contribution >= 4 is 23.2 Å². The fourth-order valence-corrected chi connectivity index (χ4v) is 2.75. The van der Waals surface area contributed by atoms with Gasteiger partial charge in [-0.2, -0.15) is 0 Å². The van der Waals surface area contributed by atoms with Gasteiger partial charge >= 0.3 is 0 Å². The van der Waals surface area contributed by atoms with Gasteiger partial charge in [0, 0.05) is 25.6 Å². The molecule has 1 amide bonds. The number of hydrogen-bond acceptors (Lipinski definition) is 5. The molecule has 8 heteroatoms. The first-order valence-corrected chi connectivity index (χ1v) is 9.49. The molecule has 2 rings (SSSR count). The number of nitrogens with zero attached hydrogens (tertiary/aromatic N) is 2. The number of aromatic nitrogens is 1. The second-order valence-electron chi connectivity index (χ2n) is 6.81. The number of aliphatic imine (C=N–C) groups is 1. The van der Waals surface area contributed by atoms with Crippen LogP contribution in [-0.4, -0.2) is 37.0 Å². The number of amides is 1. The summed E-state index contributed by atoms with van der Waals surface area (Å²) in [6, 6.07) is 3.69. The Morgan fingerprint density at radius 2 is 2.04 bits per heavy atom. The lowest BCUT2D eigenvalue weighted by Gasteiger charge is -2.13. The fraction of sp³-hybridized carbons (Fsp3) is 0.500. The van der Waals surface area contributed by atoms with Gasteiger partial charge in [0.05, 0.1) is 17.6 Å². The number of guanidine groups is 1. The Labute approximate surface area is 158 Å². The molecule has 0 aliphatic rings. The Bertz CT molecular complexity index is 716. The van der Waals surface area contributed by atoms with Gasteiger partial charge in [0.2, 0.25) is 5.89 Å². The molecule has 0 saturated carbocycles. The molecule has 0 fully saturated rings. The molecule has 2 aromatic heterocycles. The zero-order chi connectivity index (χ0) is 19.0. The summed E-state index contributed by atoms with van der Waals surface area (Å²) in [5.74, 6) is 2.13. The smallest absolute Gasteiger partial charge is 0.261 e. The average Bonchev–Trinajstić information content (AvgIpc) is 3.28. The van der Waals surface area contributed by atoms with Crippen LogP contribution in [0.3, 0.4) is 0 Å². The third-order valence-electron chi connectivity index (χ3n) is 3.60. The molecule has 3 N–H and O–H groups in total. The lowest BCUT2D eigenvalue weighted by Crippen LogP contribution is -2.38. The van der Waals surface area contributed by atoms with Crippen LogP contribution < -0.4 is 16.0 Å². The first-order chi connectivity index (χ1) is 12.4. The van der Waals surface area contributed by atoms with Gasteiger partial charge in [0.1, 0.15) is 5.76 Å². The van der Waals surface area contributed by atoms with Crippen molar-refractivity contribution < 1.29 is 9.21 Å². The van der Waals surface area contributed by atoms with Crippen LogP contribution in [0.15, 0.2) is 33.1 Å². The van der Waals surface area contributed by atoms with E-state index in [0.29, 0.717) is 31.5 Å². The van der Waals surface area contributed by atoms with Gasteiger partial charge in [-0.3, -0.25) is 9.79 Å². The van der Waals surface area contributed by atoms with E-state index >= 15 is 0 Å². The molecule has 0 aliphatic carbocycles. The number of oxazole rings is 1. The van der Waals surface area contributed by atoms with Crippen molar-refractivity contribution in [2.45, 2.75) is 39.2 Å². The molecule has 0 bridgehead atoms. The van der Waals surface area contributed by atoms with E-state index in [-0.39, 0.29) is 11.3 Å². The number of nitrogens with one attached hydrogen (secondary N) is 3. The van der Waals surface area contributed by atoms with Crippen molar-refractivity contribution in [3.63, 3.8) is 0 Å². The summed E-state index contributed by atoms with van der Waals surface area (Å²) in [6.45, 7) is 8.02. The van der Waals surface area contributed by atoms with Gasteiger partial charge in [-0.05, 0) is 17.9 Å². The van der Waals surface area contributed by atoms with Gasteiger partial charge in [0.15, 0.2) is 5.96 Å². The van der Waals surface area contributed by atoms with Crippen LogP contribution in [0, 0.1) is 0 Å². The number of carbonyl (C=O) groups is 1. The SMILES string of the molecule is CN=C(NCCCNC(=O)c1cccs1)NCc1ncc(C(C)(C)C)o1. The van der Waals surface area contributed by atoms with Crippen LogP contribution in [0.4, 0.5) is 0 Å². The largest absolute Gasteiger partial charge is 0.443 e. The lowest BCUT2D eigenvalue weighted by atomic mass is 9.94. The second kappa shape index (κ2) is 9.38. The van der Waals surface area contributed by atoms with Crippen LogP contribution in [-0.2, 0) is 12.0 Å². The topological polar surface area (TPSA) is 91.5 Å². The van der Waals surface area contributed by atoms with Gasteiger partial charge in [-0.1, -0.05) is 26.8 Å². The highest BCUT2D eigenvalue weighted by Crippen LogP contribution is 2.22. The van der Waals surface area contributed by atoms with E-state index in [1.54, 1.807) is 13.2 Å². The summed E-state index contributed by atoms with van der Waals surface area (Å²) in [4.78, 5) is 21.0. The Morgan fingerprint density at radius 3 is 2.65 bits per heavy atom. The normalized spacial score (nSPS) is 12.1. The number of hydrogen-bond donors (Lipinski definition) is 3. The quantitative estimate of drug-likeness (QED) is 0.392. The van der Waals surface area contributed by atoms with Crippen molar-refractivity contribution in [3.8, 4) is 0 Å². The zero-order valence-corrected chi connectivity index (χ0v) is 16.6. The first kappa shape index (κ1) is 20.0. The predicted molar refractivity (Wildman–Crippen MR) is 105 cm³/mol. The fourth-order valence-electron chi connectivity index (χ4n) is 2.11. The van der Waals surface area contributed by atoms with E-state index in [2.05, 4.69) is 46.7 Å². The second-order valence-corrected chi connectivity index (χ2v) is 7.76. The zero-order valence-electron chi connectivity index (χ0n) is 15.8. The monoisotopic (exact) mass is 377 g/mol.